The van der Waals surface area contributed by atoms with Gasteiger partial charge in [-0.2, -0.15) is 5.10 Å². The highest BCUT2D eigenvalue weighted by Gasteiger charge is 2.18. The first-order chi connectivity index (χ1) is 18.9. The number of fused-ring (bicyclic) bond motifs is 1. The predicted molar refractivity (Wildman–Crippen MR) is 157 cm³/mol. The molecule has 198 valence electrons. The van der Waals surface area contributed by atoms with E-state index in [1.165, 1.54) is 4.68 Å². The molecular weight excluding hydrogens is 490 g/mol. The highest BCUT2D eigenvalue weighted by molar-refractivity contribution is 6.02. The summed E-state index contributed by atoms with van der Waals surface area (Å²) < 4.78 is 3.29. The van der Waals surface area contributed by atoms with Gasteiger partial charge in [0.25, 0.3) is 11.5 Å². The van der Waals surface area contributed by atoms with E-state index in [1.54, 1.807) is 25.5 Å². The van der Waals surface area contributed by atoms with E-state index in [4.69, 9.17) is 11.5 Å². The Kier molecular flexibility index (Phi) is 8.21. The molecule has 5 N–H and O–H groups in total. The summed E-state index contributed by atoms with van der Waals surface area (Å²) in [6, 6.07) is 21.8. The predicted octanol–water partition coefficient (Wildman–Crippen LogP) is 4.31. The highest BCUT2D eigenvalue weighted by atomic mass is 16.1. The van der Waals surface area contributed by atoms with Crippen molar-refractivity contribution in [1.82, 2.24) is 19.3 Å². The number of nitrogen functional groups attached to an aromatic ring is 1. The molecule has 2 aromatic carbocycles. The summed E-state index contributed by atoms with van der Waals surface area (Å²) in [5.41, 5.74) is 14.7. The fourth-order valence-electron chi connectivity index (χ4n) is 4.46. The minimum absolute atomic E-state index is 0.0139. The van der Waals surface area contributed by atoms with E-state index in [9.17, 15) is 9.59 Å². The van der Waals surface area contributed by atoms with Crippen molar-refractivity contribution in [3.05, 3.63) is 113 Å². The van der Waals surface area contributed by atoms with Gasteiger partial charge < -0.3 is 16.8 Å². The summed E-state index contributed by atoms with van der Waals surface area (Å²) in [6.07, 6.45) is 5.99. The van der Waals surface area contributed by atoms with Crippen molar-refractivity contribution in [2.45, 2.75) is 13.3 Å². The third-order valence-electron chi connectivity index (χ3n) is 6.21. The third-order valence-corrected chi connectivity index (χ3v) is 6.21. The average Bonchev–Trinajstić information content (AvgIpc) is 3.25. The number of hydrogen-bond acceptors (Lipinski definition) is 6. The van der Waals surface area contributed by atoms with Gasteiger partial charge in [0.1, 0.15) is 11.4 Å². The number of para-hydroxylation sites is 1. The summed E-state index contributed by atoms with van der Waals surface area (Å²) in [5.74, 6) is 0.0450. The highest BCUT2D eigenvalue weighted by Crippen LogP contribution is 2.27. The molecule has 5 rings (SSSR count). The Labute approximate surface area is 226 Å². The molecule has 0 saturated carbocycles. The van der Waals surface area contributed by atoms with Crippen LogP contribution in [0.1, 0.15) is 23.0 Å². The molecule has 0 radical (unpaired) electrons. The third kappa shape index (κ3) is 5.57. The summed E-state index contributed by atoms with van der Waals surface area (Å²) in [4.78, 5) is 28.7. The number of aryl methyl sites for hydroxylation is 2. The zero-order valence-electron chi connectivity index (χ0n) is 22.0. The number of carbonyl (C=O) groups excluding carboxylic acids is 1. The number of carbonyl (C=O) groups is 1. The van der Waals surface area contributed by atoms with E-state index in [2.05, 4.69) is 35.0 Å². The van der Waals surface area contributed by atoms with Gasteiger partial charge >= 0.3 is 0 Å². The molecule has 0 aliphatic carbocycles. The topological polar surface area (TPSA) is 134 Å². The molecule has 0 bridgehead atoms. The van der Waals surface area contributed by atoms with Crippen LogP contribution in [0.4, 0.5) is 11.6 Å². The monoisotopic (exact) mass is 521 g/mol. The van der Waals surface area contributed by atoms with Crippen molar-refractivity contribution in [1.29, 1.82) is 0 Å². The number of primary amides is 1. The normalized spacial score (nSPS) is 10.5. The molecule has 3 aromatic heterocycles. The summed E-state index contributed by atoms with van der Waals surface area (Å²) in [6.45, 7) is 6.13. The number of nitrogens with two attached hydrogens (primary N) is 2. The first-order valence-corrected chi connectivity index (χ1v) is 12.5. The number of pyridine rings is 2. The molecular formula is C30H31N7O2. The molecule has 0 fully saturated rings. The minimum Gasteiger partial charge on any atom is -0.381 e. The van der Waals surface area contributed by atoms with Gasteiger partial charge in [0, 0.05) is 42.9 Å². The van der Waals surface area contributed by atoms with Gasteiger partial charge in [0.05, 0.1) is 5.39 Å². The molecule has 9 heteroatoms. The average molecular weight is 522 g/mol. The fraction of sp³-hybridized carbons (Fsp3) is 0.133. The summed E-state index contributed by atoms with van der Waals surface area (Å²) >= 11 is 0. The molecule has 0 spiro atoms. The number of nitrogens with zero attached hydrogens (tertiary/aromatic N) is 4. The number of hydrogen-bond donors (Lipinski definition) is 3. The first kappa shape index (κ1) is 26.9. The van der Waals surface area contributed by atoms with Crippen LogP contribution in [-0.4, -0.2) is 31.8 Å². The SMILES string of the molecule is C=CCNc1c(C(N)=O)c(N)nn1C.CCc1cc2cccc(-c3cccnc3)c2c(=O)n1-c1ccccc1. The molecule has 3 heterocycles. The second-order valence-corrected chi connectivity index (χ2v) is 8.74. The van der Waals surface area contributed by atoms with E-state index in [0.717, 1.165) is 39.7 Å². The molecule has 0 atom stereocenters. The fourth-order valence-corrected chi connectivity index (χ4v) is 4.46. The lowest BCUT2D eigenvalue weighted by Gasteiger charge is -2.15. The largest absolute Gasteiger partial charge is 0.381 e. The van der Waals surface area contributed by atoms with E-state index in [-0.39, 0.29) is 16.9 Å². The van der Waals surface area contributed by atoms with Crippen molar-refractivity contribution in [3.8, 4) is 16.8 Å². The van der Waals surface area contributed by atoms with Gasteiger partial charge in [0.15, 0.2) is 5.82 Å². The first-order valence-electron chi connectivity index (χ1n) is 12.5. The Morgan fingerprint density at radius 2 is 1.87 bits per heavy atom. The summed E-state index contributed by atoms with van der Waals surface area (Å²) in [5, 5.41) is 8.52. The summed E-state index contributed by atoms with van der Waals surface area (Å²) in [7, 11) is 1.67. The van der Waals surface area contributed by atoms with Crippen LogP contribution in [0.25, 0.3) is 27.6 Å². The molecule has 0 unspecified atom stereocenters. The standard InChI is InChI=1S/C22H18N2O.C8H13N5O/c1-2-18-14-16-8-6-12-20(17-9-7-13-23-15-17)21(16)22(25)24(18)19-10-4-3-5-11-19;1-3-4-11-8-5(7(10)14)6(9)12-13(8)2/h3-15H,2H2,1H3;3,11H,1,4H2,2H3,(H2,9,12)(H2,10,14). The van der Waals surface area contributed by atoms with Crippen molar-refractivity contribution in [2.75, 3.05) is 17.6 Å². The van der Waals surface area contributed by atoms with Crippen LogP contribution < -0.4 is 22.3 Å². The quantitative estimate of drug-likeness (QED) is 0.273. The Balaban J connectivity index is 0.000000215. The van der Waals surface area contributed by atoms with Crippen molar-refractivity contribution in [2.24, 2.45) is 12.8 Å². The molecule has 39 heavy (non-hydrogen) atoms. The zero-order chi connectivity index (χ0) is 27.9. The van der Waals surface area contributed by atoms with Crippen LogP contribution in [0, 0.1) is 0 Å². The zero-order valence-corrected chi connectivity index (χ0v) is 22.0. The number of amides is 1. The maximum Gasteiger partial charge on any atom is 0.263 e. The van der Waals surface area contributed by atoms with Gasteiger partial charge in [-0.05, 0) is 41.6 Å². The number of benzene rings is 2. The Morgan fingerprint density at radius 1 is 1.10 bits per heavy atom. The maximum atomic E-state index is 13.4. The van der Waals surface area contributed by atoms with Crippen molar-refractivity contribution < 1.29 is 4.79 Å². The number of rotatable bonds is 7. The second-order valence-electron chi connectivity index (χ2n) is 8.74. The molecule has 0 aliphatic heterocycles. The second kappa shape index (κ2) is 11.9. The van der Waals surface area contributed by atoms with E-state index >= 15 is 0 Å². The van der Waals surface area contributed by atoms with Crippen LogP contribution in [0.3, 0.4) is 0 Å². The Hall–Kier alpha value is -5.18. The van der Waals surface area contributed by atoms with E-state index in [1.807, 2.05) is 65.2 Å². The number of aromatic nitrogens is 4. The van der Waals surface area contributed by atoms with Crippen LogP contribution >= 0.6 is 0 Å². The molecule has 0 aliphatic rings. The number of nitrogens with one attached hydrogen (secondary N) is 1. The lowest BCUT2D eigenvalue weighted by molar-refractivity contribution is 0.100. The maximum absolute atomic E-state index is 13.4. The lowest BCUT2D eigenvalue weighted by atomic mass is 9.99. The van der Waals surface area contributed by atoms with Gasteiger partial charge in [-0.15, -0.1) is 6.58 Å². The number of anilines is 2. The van der Waals surface area contributed by atoms with Gasteiger partial charge in [0.2, 0.25) is 0 Å². The van der Waals surface area contributed by atoms with Crippen molar-refractivity contribution in [3.63, 3.8) is 0 Å². The van der Waals surface area contributed by atoms with Crippen LogP contribution in [0.15, 0.2) is 96.6 Å². The van der Waals surface area contributed by atoms with Gasteiger partial charge in [-0.25, -0.2) is 0 Å². The minimum atomic E-state index is -0.595. The van der Waals surface area contributed by atoms with Gasteiger partial charge in [-0.1, -0.05) is 55.5 Å². The van der Waals surface area contributed by atoms with E-state index < -0.39 is 5.91 Å². The van der Waals surface area contributed by atoms with E-state index in [0.29, 0.717) is 12.4 Å². The van der Waals surface area contributed by atoms with Crippen LogP contribution in [0.2, 0.25) is 0 Å². The lowest BCUT2D eigenvalue weighted by Crippen LogP contribution is -2.22. The van der Waals surface area contributed by atoms with Crippen LogP contribution in [-0.2, 0) is 13.5 Å². The van der Waals surface area contributed by atoms with Gasteiger partial charge in [-0.3, -0.25) is 23.8 Å². The Bertz CT molecular complexity index is 1670. The smallest absolute Gasteiger partial charge is 0.263 e. The molecule has 9 nitrogen and oxygen atoms in total. The molecule has 0 saturated heterocycles. The molecule has 5 aromatic rings. The van der Waals surface area contributed by atoms with Crippen LogP contribution in [0.5, 0.6) is 0 Å². The Morgan fingerprint density at radius 3 is 2.51 bits per heavy atom. The van der Waals surface area contributed by atoms with Crippen molar-refractivity contribution >= 4 is 28.3 Å². The molecule has 1 amide bonds.